The van der Waals surface area contributed by atoms with Gasteiger partial charge < -0.3 is 15.3 Å². The Morgan fingerprint density at radius 2 is 1.93 bits per heavy atom. The summed E-state index contributed by atoms with van der Waals surface area (Å²) in [5, 5.41) is 15.7. The molecule has 28 heavy (non-hydrogen) atoms. The maximum atomic E-state index is 11.0. The van der Waals surface area contributed by atoms with Crippen molar-refractivity contribution in [3.05, 3.63) is 41.5 Å². The zero-order chi connectivity index (χ0) is 20.3. The van der Waals surface area contributed by atoms with Gasteiger partial charge in [-0.3, -0.25) is 4.79 Å². The van der Waals surface area contributed by atoms with Crippen molar-refractivity contribution in [1.29, 1.82) is 0 Å². The largest absolute Gasteiger partial charge is 0.481 e. The van der Waals surface area contributed by atoms with E-state index in [9.17, 15) is 4.79 Å². The van der Waals surface area contributed by atoms with Crippen LogP contribution < -0.4 is 5.32 Å². The van der Waals surface area contributed by atoms with Crippen molar-refractivity contribution in [1.82, 2.24) is 14.9 Å². The minimum Gasteiger partial charge on any atom is -0.481 e. The molecule has 0 saturated heterocycles. The van der Waals surface area contributed by atoms with E-state index in [-0.39, 0.29) is 6.42 Å². The lowest BCUT2D eigenvalue weighted by atomic mass is 9.97. The average Bonchev–Trinajstić information content (AvgIpc) is 3.04. The number of carbonyl (C=O) groups is 1. The van der Waals surface area contributed by atoms with E-state index in [1.807, 2.05) is 51.0 Å². The van der Waals surface area contributed by atoms with Crippen LogP contribution in [-0.4, -0.2) is 45.6 Å². The summed E-state index contributed by atoms with van der Waals surface area (Å²) >= 11 is 1.60. The van der Waals surface area contributed by atoms with Gasteiger partial charge in [0.15, 0.2) is 0 Å². The van der Waals surface area contributed by atoms with Gasteiger partial charge in [-0.05, 0) is 39.9 Å². The number of carboxylic acid groups (broad SMARTS) is 1. The molecule has 2 aromatic heterocycles. The first-order chi connectivity index (χ1) is 13.2. The minimum atomic E-state index is -0.795. The van der Waals surface area contributed by atoms with E-state index in [0.717, 1.165) is 33.0 Å². The molecule has 0 aliphatic heterocycles. The molecule has 1 aromatic carbocycles. The Morgan fingerprint density at radius 1 is 1.21 bits per heavy atom. The van der Waals surface area contributed by atoms with Crippen LogP contribution in [0.2, 0.25) is 0 Å². The monoisotopic (exact) mass is 398 g/mol. The van der Waals surface area contributed by atoms with Crippen LogP contribution in [0, 0.1) is 0 Å². The lowest BCUT2D eigenvalue weighted by Gasteiger charge is -2.27. The van der Waals surface area contributed by atoms with Crippen LogP contribution in [0.4, 0.5) is 5.82 Å². The number of nitrogens with one attached hydrogen (secondary N) is 1. The smallest absolute Gasteiger partial charge is 0.303 e. The van der Waals surface area contributed by atoms with Crippen molar-refractivity contribution < 1.29 is 9.90 Å². The summed E-state index contributed by atoms with van der Waals surface area (Å²) in [6.45, 7) is 4.65. The maximum Gasteiger partial charge on any atom is 0.303 e. The number of aliphatic carboxylic acids is 1. The first-order valence-corrected chi connectivity index (χ1v) is 10.1. The number of hydrogen-bond donors (Lipinski definition) is 2. The highest BCUT2D eigenvalue weighted by Gasteiger charge is 2.23. The number of anilines is 1. The summed E-state index contributed by atoms with van der Waals surface area (Å²) in [6, 6.07) is 10.2. The van der Waals surface area contributed by atoms with E-state index in [1.165, 1.54) is 0 Å². The van der Waals surface area contributed by atoms with Crippen LogP contribution >= 0.6 is 11.3 Å². The molecule has 0 atom stereocenters. The lowest BCUT2D eigenvalue weighted by Crippen LogP contribution is -2.32. The molecule has 2 heterocycles. The highest BCUT2D eigenvalue weighted by Crippen LogP contribution is 2.38. The van der Waals surface area contributed by atoms with Crippen LogP contribution in [0.25, 0.3) is 21.3 Å². The average molecular weight is 399 g/mol. The molecule has 0 aliphatic rings. The number of benzene rings is 1. The fraction of sp³-hybridized carbons (Fsp3) is 0.381. The Hall–Kier alpha value is -2.51. The van der Waals surface area contributed by atoms with Gasteiger partial charge in [0.2, 0.25) is 0 Å². The number of fused-ring (bicyclic) bond motifs is 1. The first kappa shape index (κ1) is 20.2. The van der Waals surface area contributed by atoms with Crippen LogP contribution in [0.1, 0.15) is 32.5 Å². The topological polar surface area (TPSA) is 78.4 Å². The van der Waals surface area contributed by atoms with Gasteiger partial charge in [0.05, 0.1) is 11.9 Å². The summed E-state index contributed by atoms with van der Waals surface area (Å²) in [7, 11) is 3.97. The molecule has 0 unspecified atom stereocenters. The molecule has 2 N–H and O–H groups in total. The highest BCUT2D eigenvalue weighted by atomic mass is 32.1. The molecule has 3 aromatic rings. The van der Waals surface area contributed by atoms with Gasteiger partial charge in [0, 0.05) is 22.9 Å². The van der Waals surface area contributed by atoms with E-state index in [4.69, 9.17) is 15.1 Å². The van der Waals surface area contributed by atoms with E-state index in [2.05, 4.69) is 22.8 Å². The number of aromatic nitrogens is 2. The molecule has 0 spiro atoms. The van der Waals surface area contributed by atoms with E-state index >= 15 is 0 Å². The molecular weight excluding hydrogens is 372 g/mol. The van der Waals surface area contributed by atoms with Crippen molar-refractivity contribution >= 4 is 33.3 Å². The fourth-order valence-corrected chi connectivity index (χ4v) is 4.03. The number of carboxylic acids is 1. The fourth-order valence-electron chi connectivity index (χ4n) is 3.06. The molecule has 0 radical (unpaired) electrons. The molecule has 6 nitrogen and oxygen atoms in total. The maximum absolute atomic E-state index is 11.0. The number of hydrogen-bond acceptors (Lipinski definition) is 6. The third-order valence-electron chi connectivity index (χ3n) is 4.44. The number of nitrogens with zero attached hydrogens (tertiary/aromatic N) is 3. The summed E-state index contributed by atoms with van der Waals surface area (Å²) in [5.41, 5.74) is 1.79. The Bertz CT molecular complexity index is 967. The highest BCUT2D eigenvalue weighted by molar-refractivity contribution is 7.17. The molecule has 7 heteroatoms. The third kappa shape index (κ3) is 4.85. The first-order valence-electron chi connectivity index (χ1n) is 9.23. The second kappa shape index (κ2) is 8.24. The summed E-state index contributed by atoms with van der Waals surface area (Å²) in [6.07, 6.45) is 0.607. The standard InChI is InChI=1S/C21H26N4O2S/c1-21(2,11-10-17(26)27)24-19-18-15(14-8-6-5-7-9-14)13-28-20(18)23-16(22-19)12-25(3)4/h5-9,13H,10-12H2,1-4H3,(H,26,27)(H,22,23,24). The predicted octanol–water partition coefficient (Wildman–Crippen LogP) is 4.48. The number of rotatable bonds is 8. The molecule has 0 aliphatic carbocycles. The molecule has 0 amide bonds. The van der Waals surface area contributed by atoms with Gasteiger partial charge in [0.25, 0.3) is 0 Å². The summed E-state index contributed by atoms with van der Waals surface area (Å²) in [4.78, 5) is 23.6. The predicted molar refractivity (Wildman–Crippen MR) is 115 cm³/mol. The van der Waals surface area contributed by atoms with Crippen molar-refractivity contribution in [2.24, 2.45) is 0 Å². The Balaban J connectivity index is 2.08. The number of thiophene rings is 1. The summed E-state index contributed by atoms with van der Waals surface area (Å²) in [5.74, 6) is 0.712. The Morgan fingerprint density at radius 3 is 2.57 bits per heavy atom. The Kier molecular flexibility index (Phi) is 5.96. The molecule has 0 bridgehead atoms. The van der Waals surface area contributed by atoms with Gasteiger partial charge in [-0.1, -0.05) is 30.3 Å². The third-order valence-corrected chi connectivity index (χ3v) is 5.32. The van der Waals surface area contributed by atoms with Gasteiger partial charge in [-0.25, -0.2) is 9.97 Å². The zero-order valence-corrected chi connectivity index (χ0v) is 17.5. The van der Waals surface area contributed by atoms with Gasteiger partial charge in [-0.2, -0.15) is 0 Å². The quantitative estimate of drug-likeness (QED) is 0.583. The van der Waals surface area contributed by atoms with Gasteiger partial charge in [0.1, 0.15) is 16.5 Å². The molecule has 148 valence electrons. The second-order valence-electron chi connectivity index (χ2n) is 7.82. The lowest BCUT2D eigenvalue weighted by molar-refractivity contribution is -0.137. The van der Waals surface area contributed by atoms with Crippen LogP contribution in [-0.2, 0) is 11.3 Å². The molecule has 3 rings (SSSR count). The van der Waals surface area contributed by atoms with Crippen LogP contribution in [0.3, 0.4) is 0 Å². The van der Waals surface area contributed by atoms with Gasteiger partial charge >= 0.3 is 5.97 Å². The SMILES string of the molecule is CN(C)Cc1nc(NC(C)(C)CCC(=O)O)c2c(-c3ccccc3)csc2n1. The molecule has 0 fully saturated rings. The second-order valence-corrected chi connectivity index (χ2v) is 8.68. The van der Waals surface area contributed by atoms with Crippen molar-refractivity contribution in [3.63, 3.8) is 0 Å². The van der Waals surface area contributed by atoms with Crippen LogP contribution in [0.15, 0.2) is 35.7 Å². The normalized spacial score (nSPS) is 11.9. The van der Waals surface area contributed by atoms with E-state index in [1.54, 1.807) is 11.3 Å². The zero-order valence-electron chi connectivity index (χ0n) is 16.7. The summed E-state index contributed by atoms with van der Waals surface area (Å²) < 4.78 is 0. The van der Waals surface area contributed by atoms with Crippen LogP contribution in [0.5, 0.6) is 0 Å². The molecule has 0 saturated carbocycles. The van der Waals surface area contributed by atoms with E-state index < -0.39 is 11.5 Å². The molecular formula is C21H26N4O2S. The van der Waals surface area contributed by atoms with Gasteiger partial charge in [-0.15, -0.1) is 11.3 Å². The van der Waals surface area contributed by atoms with Crippen molar-refractivity contribution in [2.45, 2.75) is 38.8 Å². The minimum absolute atomic E-state index is 0.105. The van der Waals surface area contributed by atoms with Crippen molar-refractivity contribution in [2.75, 3.05) is 19.4 Å². The van der Waals surface area contributed by atoms with Crippen molar-refractivity contribution in [3.8, 4) is 11.1 Å². The Labute approximate surface area is 169 Å². The van der Waals surface area contributed by atoms with E-state index in [0.29, 0.717) is 13.0 Å².